The van der Waals surface area contributed by atoms with E-state index < -0.39 is 18.4 Å². The molecule has 148 valence electrons. The number of likely N-dealkylation sites (N-methyl/N-ethyl adjacent to an activating group) is 1. The lowest BCUT2D eigenvalue weighted by molar-refractivity contribution is 0.0951. The molecule has 2 unspecified atom stereocenters. The highest BCUT2D eigenvalue weighted by Gasteiger charge is 2.37. The van der Waals surface area contributed by atoms with Gasteiger partial charge in [0.05, 0.1) is 5.52 Å². The molecule has 2 atom stereocenters. The summed E-state index contributed by atoms with van der Waals surface area (Å²) in [6.07, 6.45) is 0.376. The second-order valence-electron chi connectivity index (χ2n) is 6.12. The zero-order chi connectivity index (χ0) is 20.5. The SMILES string of the molecule is CN1C(n2nc(Sc3ncccn3)c3ccccc32)=NC(=N)C(OC(N)=O)C1N. The van der Waals surface area contributed by atoms with Crippen LogP contribution in [0.3, 0.4) is 0 Å². The lowest BCUT2D eigenvalue weighted by Crippen LogP contribution is -2.59. The van der Waals surface area contributed by atoms with E-state index in [1.54, 1.807) is 35.1 Å². The molecule has 0 aliphatic carbocycles. The quantitative estimate of drug-likeness (QED) is 0.534. The van der Waals surface area contributed by atoms with Gasteiger partial charge in [0.15, 0.2) is 17.1 Å². The number of rotatable bonds is 3. The van der Waals surface area contributed by atoms with E-state index in [4.69, 9.17) is 21.6 Å². The van der Waals surface area contributed by atoms with Gasteiger partial charge in [0.25, 0.3) is 0 Å². The molecule has 0 fully saturated rings. The van der Waals surface area contributed by atoms with Gasteiger partial charge in [-0.2, -0.15) is 14.8 Å². The zero-order valence-corrected chi connectivity index (χ0v) is 16.1. The van der Waals surface area contributed by atoms with Crippen LogP contribution in [0, 0.1) is 5.41 Å². The molecule has 3 heterocycles. The topological polar surface area (TPSA) is 161 Å². The number of nitrogens with two attached hydrogens (primary N) is 2. The molecule has 29 heavy (non-hydrogen) atoms. The van der Waals surface area contributed by atoms with Crippen molar-refractivity contribution >= 4 is 40.6 Å². The fraction of sp³-hybridized carbons (Fsp3) is 0.176. The molecule has 3 aromatic rings. The molecule has 0 bridgehead atoms. The van der Waals surface area contributed by atoms with Gasteiger partial charge >= 0.3 is 6.09 Å². The van der Waals surface area contributed by atoms with Crippen LogP contribution in [-0.4, -0.2) is 61.9 Å². The van der Waals surface area contributed by atoms with Crippen LogP contribution in [0.2, 0.25) is 0 Å². The number of amides is 1. The average molecular weight is 411 g/mol. The van der Waals surface area contributed by atoms with Crippen LogP contribution in [0.25, 0.3) is 10.9 Å². The van der Waals surface area contributed by atoms with E-state index in [-0.39, 0.29) is 5.84 Å². The number of aromatic nitrogens is 4. The van der Waals surface area contributed by atoms with Crippen molar-refractivity contribution in [3.05, 3.63) is 42.7 Å². The van der Waals surface area contributed by atoms with Crippen LogP contribution >= 0.6 is 11.8 Å². The zero-order valence-electron chi connectivity index (χ0n) is 15.3. The number of amidine groups is 1. The summed E-state index contributed by atoms with van der Waals surface area (Å²) in [6.45, 7) is 0. The number of carbonyl (C=O) groups is 1. The number of benzene rings is 1. The Morgan fingerprint density at radius 2 is 1.97 bits per heavy atom. The van der Waals surface area contributed by atoms with E-state index in [9.17, 15) is 4.79 Å². The van der Waals surface area contributed by atoms with Crippen molar-refractivity contribution in [1.82, 2.24) is 24.6 Å². The maximum absolute atomic E-state index is 11.1. The molecule has 1 amide bonds. The Balaban J connectivity index is 1.78. The predicted octanol–water partition coefficient (Wildman–Crippen LogP) is 0.853. The van der Waals surface area contributed by atoms with E-state index in [1.807, 2.05) is 24.3 Å². The number of carbonyl (C=O) groups excluding carboxylic acids is 1. The maximum atomic E-state index is 11.1. The second kappa shape index (κ2) is 7.48. The first-order chi connectivity index (χ1) is 14.0. The smallest absolute Gasteiger partial charge is 0.405 e. The fourth-order valence-electron chi connectivity index (χ4n) is 2.89. The lowest BCUT2D eigenvalue weighted by Gasteiger charge is -2.35. The number of primary amides is 1. The fourth-order valence-corrected chi connectivity index (χ4v) is 3.69. The number of aliphatic imine (C=N–C) groups is 1. The molecule has 2 aromatic heterocycles. The Hall–Kier alpha value is -3.51. The van der Waals surface area contributed by atoms with E-state index in [1.165, 1.54) is 11.8 Å². The van der Waals surface area contributed by atoms with Gasteiger partial charge in [0, 0.05) is 24.8 Å². The molecule has 4 rings (SSSR count). The number of hydrogen-bond acceptors (Lipinski definition) is 9. The van der Waals surface area contributed by atoms with Crippen LogP contribution in [-0.2, 0) is 4.74 Å². The van der Waals surface area contributed by atoms with E-state index in [0.717, 1.165) is 10.9 Å². The monoisotopic (exact) mass is 411 g/mol. The molecule has 5 N–H and O–H groups in total. The Morgan fingerprint density at radius 1 is 1.24 bits per heavy atom. The molecule has 1 aliphatic rings. The largest absolute Gasteiger partial charge is 0.434 e. The van der Waals surface area contributed by atoms with E-state index >= 15 is 0 Å². The van der Waals surface area contributed by atoms with Crippen LogP contribution in [0.15, 0.2) is 57.9 Å². The van der Waals surface area contributed by atoms with Crippen molar-refractivity contribution < 1.29 is 9.53 Å². The summed E-state index contributed by atoms with van der Waals surface area (Å²) in [6, 6.07) is 9.33. The molecule has 1 aliphatic heterocycles. The van der Waals surface area contributed by atoms with Gasteiger partial charge in [0.2, 0.25) is 5.96 Å². The maximum Gasteiger partial charge on any atom is 0.405 e. The number of ether oxygens (including phenoxy) is 1. The molecular formula is C17H17N9O2S. The number of fused-ring (bicyclic) bond motifs is 1. The number of nitrogens with one attached hydrogen (secondary N) is 1. The first kappa shape index (κ1) is 18.8. The number of hydrogen-bond donors (Lipinski definition) is 3. The van der Waals surface area contributed by atoms with Crippen LogP contribution in [0.1, 0.15) is 0 Å². The minimum absolute atomic E-state index is 0.218. The second-order valence-corrected chi connectivity index (χ2v) is 7.08. The molecule has 1 aromatic carbocycles. The minimum atomic E-state index is -1.07. The van der Waals surface area contributed by atoms with Gasteiger partial charge in [-0.25, -0.2) is 14.8 Å². The van der Waals surface area contributed by atoms with Gasteiger partial charge in [-0.1, -0.05) is 18.2 Å². The summed E-state index contributed by atoms with van der Waals surface area (Å²) in [5.41, 5.74) is 12.0. The summed E-state index contributed by atoms with van der Waals surface area (Å²) < 4.78 is 6.53. The van der Waals surface area contributed by atoms with Gasteiger partial charge in [-0.3, -0.25) is 5.41 Å². The number of para-hydroxylation sites is 1. The van der Waals surface area contributed by atoms with Gasteiger partial charge in [-0.05, 0) is 23.9 Å². The average Bonchev–Trinajstić information content (AvgIpc) is 3.07. The van der Waals surface area contributed by atoms with Crippen LogP contribution < -0.4 is 11.5 Å². The van der Waals surface area contributed by atoms with E-state index in [2.05, 4.69) is 20.1 Å². The van der Waals surface area contributed by atoms with Crippen LogP contribution in [0.5, 0.6) is 0 Å². The van der Waals surface area contributed by atoms with Crippen molar-refractivity contribution in [3.63, 3.8) is 0 Å². The lowest BCUT2D eigenvalue weighted by atomic mass is 10.2. The van der Waals surface area contributed by atoms with Crippen molar-refractivity contribution in [2.45, 2.75) is 22.5 Å². The summed E-state index contributed by atoms with van der Waals surface area (Å²) in [5, 5.41) is 14.9. The number of nitrogens with zero attached hydrogens (tertiary/aromatic N) is 6. The van der Waals surface area contributed by atoms with Gasteiger partial charge in [0.1, 0.15) is 11.2 Å². The van der Waals surface area contributed by atoms with Crippen LogP contribution in [0.4, 0.5) is 4.79 Å². The predicted molar refractivity (Wildman–Crippen MR) is 107 cm³/mol. The Morgan fingerprint density at radius 3 is 2.69 bits per heavy atom. The summed E-state index contributed by atoms with van der Waals surface area (Å²) in [4.78, 5) is 25.4. The van der Waals surface area contributed by atoms with Gasteiger partial charge < -0.3 is 21.1 Å². The van der Waals surface area contributed by atoms with Crippen molar-refractivity contribution in [1.29, 1.82) is 5.41 Å². The summed E-state index contributed by atoms with van der Waals surface area (Å²) in [5.74, 6) is 0.105. The van der Waals surface area contributed by atoms with Gasteiger partial charge in [-0.15, -0.1) is 0 Å². The molecule has 0 radical (unpaired) electrons. The molecule has 12 heteroatoms. The first-order valence-electron chi connectivity index (χ1n) is 8.50. The Labute approximate surface area is 169 Å². The molecule has 0 spiro atoms. The highest BCUT2D eigenvalue weighted by Crippen LogP contribution is 2.31. The third kappa shape index (κ3) is 3.50. The minimum Gasteiger partial charge on any atom is -0.434 e. The summed E-state index contributed by atoms with van der Waals surface area (Å²) in [7, 11) is 1.68. The Kier molecular flexibility index (Phi) is 4.86. The molecular weight excluding hydrogens is 394 g/mol. The molecule has 11 nitrogen and oxygen atoms in total. The van der Waals surface area contributed by atoms with Crippen molar-refractivity contribution in [3.8, 4) is 0 Å². The molecule has 0 saturated heterocycles. The standard InChI is InChI=1S/C17H17N9O2S/c1-25-13(19)11(28-15(20)27)12(18)23-17(25)26-10-6-3-2-5-9(10)14(24-26)29-16-21-7-4-8-22-16/h2-8,11,13,18H,19H2,1H3,(H2,20,27). The first-order valence-corrected chi connectivity index (χ1v) is 9.32. The highest BCUT2D eigenvalue weighted by molar-refractivity contribution is 7.99. The van der Waals surface area contributed by atoms with E-state index in [0.29, 0.717) is 16.1 Å². The molecule has 0 saturated carbocycles. The summed E-state index contributed by atoms with van der Waals surface area (Å²) >= 11 is 1.32. The van der Waals surface area contributed by atoms with Crippen molar-refractivity contribution in [2.24, 2.45) is 16.5 Å². The third-order valence-corrected chi connectivity index (χ3v) is 5.17. The Bertz CT molecular complexity index is 1110. The third-order valence-electron chi connectivity index (χ3n) is 4.28. The van der Waals surface area contributed by atoms with Crippen molar-refractivity contribution in [2.75, 3.05) is 7.05 Å². The highest BCUT2D eigenvalue weighted by atomic mass is 32.2. The normalized spacial score (nSPS) is 19.3.